The van der Waals surface area contributed by atoms with Crippen LogP contribution in [0, 0.1) is 61.3 Å². The fraction of sp³-hybridized carbons (Fsp3) is 0.333. The van der Waals surface area contributed by atoms with Crippen LogP contribution in [0.5, 0.6) is 0 Å². The fourth-order valence-corrected chi connectivity index (χ4v) is 0.697. The van der Waals surface area contributed by atoms with Crippen molar-refractivity contribution in [2.45, 2.75) is 0 Å². The summed E-state index contributed by atoms with van der Waals surface area (Å²) in [5.41, 5.74) is 38.7. The van der Waals surface area contributed by atoms with Crippen molar-refractivity contribution >= 4 is 47.7 Å². The predicted octanol–water partition coefficient (Wildman–Crippen LogP) is -20.6. The van der Waals surface area contributed by atoms with E-state index in [1.807, 2.05) is 0 Å². The van der Waals surface area contributed by atoms with Gasteiger partial charge in [-0.15, -0.1) is 0 Å². The van der Waals surface area contributed by atoms with Gasteiger partial charge in [-0.2, -0.15) is 0 Å². The molecule has 0 aromatic carbocycles. The van der Waals surface area contributed by atoms with E-state index >= 15 is 0 Å². The molecule has 298 valence electrons. The molecule has 0 aromatic rings. The van der Waals surface area contributed by atoms with E-state index in [0.29, 0.717) is 0 Å². The van der Waals surface area contributed by atoms with Crippen molar-refractivity contribution < 1.29 is 114 Å². The molecule has 0 atom stereocenters. The van der Waals surface area contributed by atoms with E-state index in [1.165, 1.54) is 0 Å². The maximum absolute atomic E-state index is 9.61. The van der Waals surface area contributed by atoms with Gasteiger partial charge in [-0.05, 0) is 0 Å². The van der Waals surface area contributed by atoms with E-state index in [-0.39, 0.29) is 84.2 Å². The van der Waals surface area contributed by atoms with E-state index in [0.717, 1.165) is 0 Å². The Bertz CT molecular complexity index is 905. The summed E-state index contributed by atoms with van der Waals surface area (Å²) in [6.45, 7) is -1.38. The third-order valence-corrected chi connectivity index (χ3v) is 1.75. The molecule has 0 unspecified atom stereocenters. The summed E-state index contributed by atoms with van der Waals surface area (Å²) in [4.78, 5) is 80.0. The molecule has 0 saturated heterocycles. The Morgan fingerprint density at radius 2 is 0.440 bits per heavy atom. The number of carbonyl (C=O) groups is 4. The van der Waals surface area contributed by atoms with Gasteiger partial charge in [0.05, 0.1) is 44.2 Å². The van der Waals surface area contributed by atoms with Gasteiger partial charge in [-0.3, -0.25) is 65.8 Å². The first-order chi connectivity index (χ1) is 21.4. The zero-order chi connectivity index (χ0) is 40.6. The van der Waals surface area contributed by atoms with Crippen LogP contribution in [-0.4, -0.2) is 94.2 Å². The molecule has 0 aliphatic rings. The van der Waals surface area contributed by atoms with Gasteiger partial charge in [-0.25, -0.2) is 0 Å². The molecular weight excluding hydrogens is 815 g/mol. The topological polar surface area (TPSA) is 689 Å². The number of guanidine groups is 4. The summed E-state index contributed by atoms with van der Waals surface area (Å²) in [5.74, 6) is -5.42. The van der Waals surface area contributed by atoms with Gasteiger partial charge in [0, 0.05) is 0 Å². The van der Waals surface area contributed by atoms with Crippen molar-refractivity contribution in [3.05, 3.63) is 61.3 Å². The first-order valence-electron chi connectivity index (χ1n) is 9.96. The standard InChI is InChI=1S/4C3H7N3O2.2Cu.4NO3/c4*4-3(5)6-1-2(7)8;;;4*2-1(3)4/h4*1H2,(H,7,8)(H4,4,5,6);;;;;;/q;;;;2*+2;4*-1. The van der Waals surface area contributed by atoms with Crippen LogP contribution >= 0.6 is 0 Å². The maximum Gasteiger partial charge on any atom is 2.00 e. The van der Waals surface area contributed by atoms with Gasteiger partial charge in [0.1, 0.15) is 26.2 Å². The smallest absolute Gasteiger partial charge is 0.547 e. The molecule has 0 fully saturated rings. The van der Waals surface area contributed by atoms with Crippen molar-refractivity contribution in [2.75, 3.05) is 26.2 Å². The monoisotopic (exact) mass is 842 g/mol. The molecular formula is C12H28Cu2N16O20. The Morgan fingerprint density at radius 1 is 0.360 bits per heavy atom. The number of hydrogen-bond acceptors (Lipinski definition) is 20. The Balaban J connectivity index is -0.0000000464. The average molecular weight is 844 g/mol. The van der Waals surface area contributed by atoms with Gasteiger partial charge in [0.15, 0.2) is 0 Å². The number of rotatable bonds is 8. The maximum atomic E-state index is 9.61. The zero-order valence-electron chi connectivity index (χ0n) is 24.0. The average Bonchev–Trinajstić information content (AvgIpc) is 2.83. The number of nitrogens with zero attached hydrogens (tertiary/aromatic N) is 4. The Labute approximate surface area is 295 Å². The largest absolute Gasteiger partial charge is 2.00 e. The quantitative estimate of drug-likeness (QED) is 0.0355. The van der Waals surface area contributed by atoms with Crippen LogP contribution in [0.4, 0.5) is 0 Å². The summed E-state index contributed by atoms with van der Waals surface area (Å²) >= 11 is 0. The summed E-state index contributed by atoms with van der Waals surface area (Å²) in [7, 11) is 0. The van der Waals surface area contributed by atoms with Crippen molar-refractivity contribution in [3.63, 3.8) is 0 Å². The molecule has 0 bridgehead atoms. The Morgan fingerprint density at radius 3 is 0.460 bits per heavy atom. The molecule has 0 rings (SSSR count). The second-order valence-corrected chi connectivity index (χ2v) is 5.62. The second-order valence-electron chi connectivity index (χ2n) is 5.62. The van der Waals surface area contributed by atoms with E-state index in [1.54, 1.807) is 0 Å². The normalized spacial score (nSPS) is 7.04. The van der Waals surface area contributed by atoms with E-state index < -0.39 is 44.2 Å². The first kappa shape index (κ1) is 69.5. The molecule has 0 heterocycles. The molecule has 0 saturated carbocycles. The zero-order valence-corrected chi connectivity index (χ0v) is 25.9. The minimum atomic E-state index is -1.75. The predicted molar refractivity (Wildman–Crippen MR) is 138 cm³/mol. The minimum Gasteiger partial charge on any atom is -0.547 e. The molecule has 0 aromatic heterocycles. The second kappa shape index (κ2) is 51.4. The van der Waals surface area contributed by atoms with Crippen molar-refractivity contribution in [3.8, 4) is 0 Å². The molecule has 0 spiro atoms. The van der Waals surface area contributed by atoms with Crippen molar-refractivity contribution in [1.82, 2.24) is 0 Å². The van der Waals surface area contributed by atoms with Gasteiger partial charge in [0.25, 0.3) is 0 Å². The third-order valence-electron chi connectivity index (χ3n) is 1.75. The molecule has 38 heteroatoms. The van der Waals surface area contributed by atoms with Gasteiger partial charge >= 0.3 is 58.0 Å². The van der Waals surface area contributed by atoms with Crippen LogP contribution in [0.15, 0.2) is 0 Å². The van der Waals surface area contributed by atoms with Crippen LogP contribution in [0.3, 0.4) is 0 Å². The van der Waals surface area contributed by atoms with Gasteiger partial charge in [0.2, 0.25) is 0 Å². The van der Waals surface area contributed by atoms with Crippen LogP contribution in [0.25, 0.3) is 0 Å². The van der Waals surface area contributed by atoms with E-state index in [9.17, 15) is 39.6 Å². The Kier molecular flexibility index (Phi) is 71.4. The van der Waals surface area contributed by atoms with Crippen LogP contribution < -0.4 is 86.3 Å². The SMILES string of the molecule is NC(N)=[NH+]CC(=O)[O-].NC(N)=[NH+]CC(=O)[O-].NC(N)=[NH+]CC(=O)[O-].NC(N)=[NH+]CC(=O)[O-].O=[N+]([O-])[O-].O=[N+]([O-])[O-].O=[N+]([O-])[O-].O=[N+]([O-])[O-].[Cu+2].[Cu+2]. The first-order valence-corrected chi connectivity index (χ1v) is 9.96. The van der Waals surface area contributed by atoms with Crippen molar-refractivity contribution in [1.29, 1.82) is 0 Å². The number of aliphatic carboxylic acids is 4. The summed E-state index contributed by atoms with van der Waals surface area (Å²) in [5, 5.41) is 97.4. The van der Waals surface area contributed by atoms with E-state index in [2.05, 4.69) is 20.0 Å². The van der Waals surface area contributed by atoms with Gasteiger partial charge < -0.3 is 101 Å². The van der Waals surface area contributed by atoms with Crippen LogP contribution in [0.1, 0.15) is 0 Å². The molecule has 50 heavy (non-hydrogen) atoms. The number of hydrogen-bond donors (Lipinski definition) is 12. The molecule has 2 radical (unpaired) electrons. The van der Waals surface area contributed by atoms with Crippen molar-refractivity contribution in [2.24, 2.45) is 45.9 Å². The molecule has 0 aliphatic heterocycles. The molecule has 0 aliphatic carbocycles. The van der Waals surface area contributed by atoms with E-state index in [4.69, 9.17) is 107 Å². The molecule has 0 amide bonds. The molecule has 20 N–H and O–H groups in total. The summed E-state index contributed by atoms with van der Waals surface area (Å²) in [6, 6.07) is 0. The number of carboxylic acids is 4. The number of nitrogens with two attached hydrogens (primary N) is 8. The Hall–Kier alpha value is -7.20. The summed E-state index contributed by atoms with van der Waals surface area (Å²) < 4.78 is 0. The molecule has 36 nitrogen and oxygen atoms in total. The number of carboxylic acid groups (broad SMARTS) is 4. The third kappa shape index (κ3) is 394. The number of carbonyl (C=O) groups excluding carboxylic acids is 4. The van der Waals surface area contributed by atoms with Crippen LogP contribution in [-0.2, 0) is 53.3 Å². The van der Waals surface area contributed by atoms with Crippen LogP contribution in [0.2, 0.25) is 0 Å². The fourth-order valence-electron chi connectivity index (χ4n) is 0.697. The van der Waals surface area contributed by atoms with Gasteiger partial charge in [-0.1, -0.05) is 0 Å². The summed E-state index contributed by atoms with van der Waals surface area (Å²) in [6.07, 6.45) is 0. The number of nitrogens with one attached hydrogen (secondary N) is 4. The minimum absolute atomic E-state index is 0.